The molecule has 0 spiro atoms. The van der Waals surface area contributed by atoms with Crippen LogP contribution >= 0.6 is 0 Å². The Balaban J connectivity index is 2.29. The normalized spacial score (nSPS) is 11.2. The molecule has 4 heteroatoms. The maximum absolute atomic E-state index is 12.9. The summed E-state index contributed by atoms with van der Waals surface area (Å²) >= 11 is 0. The van der Waals surface area contributed by atoms with E-state index in [1.807, 2.05) is 44.2 Å². The van der Waals surface area contributed by atoms with Crippen molar-refractivity contribution >= 4 is 16.9 Å². The molecule has 0 unspecified atom stereocenters. The first kappa shape index (κ1) is 16.7. The summed E-state index contributed by atoms with van der Waals surface area (Å²) in [6.07, 6.45) is 2.82. The molecule has 3 rings (SSSR count). The highest BCUT2D eigenvalue weighted by atomic mass is 16.5. The van der Waals surface area contributed by atoms with Crippen molar-refractivity contribution < 1.29 is 13.9 Å². The number of benzene rings is 2. The van der Waals surface area contributed by atoms with Crippen LogP contribution in [0, 0.1) is 13.8 Å². The van der Waals surface area contributed by atoms with E-state index in [0.29, 0.717) is 16.5 Å². The molecule has 0 bridgehead atoms. The summed E-state index contributed by atoms with van der Waals surface area (Å²) in [6, 6.07) is 12.8. The van der Waals surface area contributed by atoms with Crippen molar-refractivity contribution in [3.05, 3.63) is 76.0 Å². The molecule has 0 saturated carbocycles. The van der Waals surface area contributed by atoms with Gasteiger partial charge in [-0.05, 0) is 32.9 Å². The van der Waals surface area contributed by atoms with Crippen molar-refractivity contribution in [2.75, 3.05) is 0 Å². The van der Waals surface area contributed by atoms with Crippen LogP contribution in [-0.4, -0.2) is 5.97 Å². The molecule has 0 N–H and O–H groups in total. The molecule has 25 heavy (non-hydrogen) atoms. The van der Waals surface area contributed by atoms with Crippen molar-refractivity contribution in [2.24, 2.45) is 0 Å². The Morgan fingerprint density at radius 1 is 1.04 bits per heavy atom. The second kappa shape index (κ2) is 6.77. The SMILES string of the molecule is C/C=C/C(=O)Oc1c(-c2ccc(C)cc2)oc2ccc(C)cc2c1=O. The van der Waals surface area contributed by atoms with E-state index in [9.17, 15) is 9.59 Å². The van der Waals surface area contributed by atoms with Crippen LogP contribution in [-0.2, 0) is 4.79 Å². The first-order chi connectivity index (χ1) is 12.0. The van der Waals surface area contributed by atoms with E-state index in [4.69, 9.17) is 9.15 Å². The minimum absolute atomic E-state index is 0.0925. The van der Waals surface area contributed by atoms with E-state index in [2.05, 4.69) is 0 Å². The zero-order valence-corrected chi connectivity index (χ0v) is 14.3. The molecule has 0 amide bonds. The smallest absolute Gasteiger partial charge is 0.336 e. The van der Waals surface area contributed by atoms with Crippen LogP contribution in [0.5, 0.6) is 5.75 Å². The average Bonchev–Trinajstić information content (AvgIpc) is 2.59. The number of allylic oxidation sites excluding steroid dienone is 1. The standard InChI is InChI=1S/C21H18O4/c1-4-5-18(22)25-21-19(23)16-12-14(3)8-11-17(16)24-20(21)15-9-6-13(2)7-10-15/h4-12H,1-3H3/b5-4+. The quantitative estimate of drug-likeness (QED) is 0.520. The first-order valence-corrected chi connectivity index (χ1v) is 7.98. The molecule has 0 radical (unpaired) electrons. The van der Waals surface area contributed by atoms with Crippen molar-refractivity contribution in [3.8, 4) is 17.1 Å². The Kier molecular flexibility index (Phi) is 4.52. The maximum Gasteiger partial charge on any atom is 0.336 e. The lowest BCUT2D eigenvalue weighted by atomic mass is 10.1. The summed E-state index contributed by atoms with van der Waals surface area (Å²) < 4.78 is 11.2. The summed E-state index contributed by atoms with van der Waals surface area (Å²) in [4.78, 5) is 24.8. The number of aryl methyl sites for hydroxylation is 2. The molecule has 0 aliphatic carbocycles. The number of carbonyl (C=O) groups excluding carboxylic acids is 1. The second-order valence-corrected chi connectivity index (χ2v) is 5.88. The monoisotopic (exact) mass is 334 g/mol. The predicted molar refractivity (Wildman–Crippen MR) is 97.8 cm³/mol. The third kappa shape index (κ3) is 3.38. The largest absolute Gasteiger partial charge is 0.452 e. The van der Waals surface area contributed by atoms with Crippen LogP contribution in [0.25, 0.3) is 22.3 Å². The molecule has 4 nitrogen and oxygen atoms in total. The number of carbonyl (C=O) groups is 1. The molecule has 0 aliphatic rings. The minimum atomic E-state index is -0.616. The molecule has 0 atom stereocenters. The van der Waals surface area contributed by atoms with E-state index >= 15 is 0 Å². The summed E-state index contributed by atoms with van der Waals surface area (Å²) in [6.45, 7) is 5.56. The van der Waals surface area contributed by atoms with Gasteiger partial charge in [0.1, 0.15) is 5.58 Å². The third-order valence-corrected chi connectivity index (χ3v) is 3.82. The zero-order chi connectivity index (χ0) is 18.0. The highest BCUT2D eigenvalue weighted by molar-refractivity contribution is 5.88. The van der Waals surface area contributed by atoms with Crippen molar-refractivity contribution in [1.82, 2.24) is 0 Å². The number of hydrogen-bond acceptors (Lipinski definition) is 4. The summed E-state index contributed by atoms with van der Waals surface area (Å²) in [7, 11) is 0. The van der Waals surface area contributed by atoms with Gasteiger partial charge in [0.25, 0.3) is 0 Å². The maximum atomic E-state index is 12.9. The van der Waals surface area contributed by atoms with Crippen LogP contribution in [0.3, 0.4) is 0 Å². The molecule has 2 aromatic carbocycles. The highest BCUT2D eigenvalue weighted by Crippen LogP contribution is 2.31. The van der Waals surface area contributed by atoms with Gasteiger partial charge in [-0.2, -0.15) is 0 Å². The van der Waals surface area contributed by atoms with Gasteiger partial charge in [-0.1, -0.05) is 47.5 Å². The van der Waals surface area contributed by atoms with E-state index in [0.717, 1.165) is 11.1 Å². The Morgan fingerprint density at radius 3 is 2.40 bits per heavy atom. The Labute approximate surface area is 145 Å². The molecule has 1 aromatic heterocycles. The van der Waals surface area contributed by atoms with Crippen LogP contribution in [0.2, 0.25) is 0 Å². The fraction of sp³-hybridized carbons (Fsp3) is 0.143. The average molecular weight is 334 g/mol. The van der Waals surface area contributed by atoms with E-state index in [1.54, 1.807) is 25.1 Å². The summed E-state index contributed by atoms with van der Waals surface area (Å²) in [5.74, 6) is -0.459. The van der Waals surface area contributed by atoms with Crippen LogP contribution in [0.15, 0.2) is 63.8 Å². The van der Waals surface area contributed by atoms with Gasteiger partial charge in [0, 0.05) is 11.6 Å². The van der Waals surface area contributed by atoms with Crippen molar-refractivity contribution in [3.63, 3.8) is 0 Å². The Morgan fingerprint density at radius 2 is 1.72 bits per heavy atom. The fourth-order valence-corrected chi connectivity index (χ4v) is 2.55. The minimum Gasteiger partial charge on any atom is -0.452 e. The Hall–Kier alpha value is -3.14. The lowest BCUT2D eigenvalue weighted by Gasteiger charge is -2.10. The van der Waals surface area contributed by atoms with Gasteiger partial charge in [-0.3, -0.25) is 4.79 Å². The second-order valence-electron chi connectivity index (χ2n) is 5.88. The number of fused-ring (bicyclic) bond motifs is 1. The van der Waals surface area contributed by atoms with Gasteiger partial charge in [-0.15, -0.1) is 0 Å². The van der Waals surface area contributed by atoms with E-state index < -0.39 is 5.97 Å². The van der Waals surface area contributed by atoms with Crippen molar-refractivity contribution in [2.45, 2.75) is 20.8 Å². The van der Waals surface area contributed by atoms with Gasteiger partial charge in [0.15, 0.2) is 5.76 Å². The van der Waals surface area contributed by atoms with E-state index in [1.165, 1.54) is 6.08 Å². The molecular formula is C21H18O4. The van der Waals surface area contributed by atoms with Crippen LogP contribution in [0.1, 0.15) is 18.1 Å². The lowest BCUT2D eigenvalue weighted by Crippen LogP contribution is -2.14. The van der Waals surface area contributed by atoms with Gasteiger partial charge in [0.2, 0.25) is 11.2 Å². The Bertz CT molecular complexity index is 1020. The highest BCUT2D eigenvalue weighted by Gasteiger charge is 2.19. The predicted octanol–water partition coefficient (Wildman–Crippen LogP) is 4.56. The van der Waals surface area contributed by atoms with E-state index in [-0.39, 0.29) is 16.9 Å². The number of esters is 1. The molecule has 126 valence electrons. The molecule has 0 saturated heterocycles. The molecule has 1 heterocycles. The summed E-state index contributed by atoms with van der Waals surface area (Å²) in [5, 5.41) is 0.388. The van der Waals surface area contributed by atoms with Gasteiger partial charge >= 0.3 is 5.97 Å². The summed E-state index contributed by atoms with van der Waals surface area (Å²) in [5.41, 5.74) is 2.77. The van der Waals surface area contributed by atoms with Gasteiger partial charge in [0.05, 0.1) is 5.39 Å². The van der Waals surface area contributed by atoms with Crippen LogP contribution < -0.4 is 10.2 Å². The molecule has 3 aromatic rings. The topological polar surface area (TPSA) is 56.5 Å². The third-order valence-electron chi connectivity index (χ3n) is 3.82. The van der Waals surface area contributed by atoms with Gasteiger partial charge < -0.3 is 9.15 Å². The zero-order valence-electron chi connectivity index (χ0n) is 14.3. The van der Waals surface area contributed by atoms with Crippen LogP contribution in [0.4, 0.5) is 0 Å². The first-order valence-electron chi connectivity index (χ1n) is 7.98. The molecular weight excluding hydrogens is 316 g/mol. The fourth-order valence-electron chi connectivity index (χ4n) is 2.55. The molecule has 0 fully saturated rings. The number of ether oxygens (including phenoxy) is 1. The van der Waals surface area contributed by atoms with Crippen molar-refractivity contribution in [1.29, 1.82) is 0 Å². The molecule has 0 aliphatic heterocycles. The number of rotatable bonds is 3. The van der Waals surface area contributed by atoms with Gasteiger partial charge in [-0.25, -0.2) is 4.79 Å². The lowest BCUT2D eigenvalue weighted by molar-refractivity contribution is -0.129. The number of hydrogen-bond donors (Lipinski definition) is 0.